The molecule has 0 radical (unpaired) electrons. The number of ether oxygens (including phenoxy) is 2. The summed E-state index contributed by atoms with van der Waals surface area (Å²) in [5.74, 6) is -1.40. The molecule has 0 fully saturated rings. The van der Waals surface area contributed by atoms with Gasteiger partial charge in [0.25, 0.3) is 0 Å². The molecule has 5 nitrogen and oxygen atoms in total. The van der Waals surface area contributed by atoms with Crippen LogP contribution in [0.3, 0.4) is 0 Å². The molecule has 0 aliphatic carbocycles. The topological polar surface area (TPSA) is 69.7 Å². The number of esters is 2. The predicted octanol–water partition coefficient (Wildman–Crippen LogP) is 1.42. The molecule has 0 aliphatic rings. The smallest absolute Gasteiger partial charge is 0.323 e. The molecule has 100 valence electrons. The molecule has 0 aromatic heterocycles. The van der Waals surface area contributed by atoms with Crippen LogP contribution in [0.5, 0.6) is 0 Å². The fourth-order valence-electron chi connectivity index (χ4n) is 1.57. The highest BCUT2D eigenvalue weighted by molar-refractivity contribution is 6.00. The number of hydrogen-bond acceptors (Lipinski definition) is 5. The molecule has 0 heterocycles. The minimum Gasteiger partial charge on any atom is -0.468 e. The van der Waals surface area contributed by atoms with E-state index in [0.29, 0.717) is 6.29 Å². The van der Waals surface area contributed by atoms with Crippen LogP contribution in [0.25, 0.3) is 0 Å². The minimum absolute atomic E-state index is 0.0419. The number of hydrogen-bond donors (Lipinski definition) is 0. The van der Waals surface area contributed by atoms with Crippen LogP contribution < -0.4 is 0 Å². The van der Waals surface area contributed by atoms with Gasteiger partial charge in [-0.2, -0.15) is 0 Å². The van der Waals surface area contributed by atoms with Crippen LogP contribution >= 0.6 is 0 Å². The van der Waals surface area contributed by atoms with E-state index in [4.69, 9.17) is 4.74 Å². The Morgan fingerprint density at radius 1 is 1.39 bits per heavy atom. The van der Waals surface area contributed by atoms with E-state index in [-0.39, 0.29) is 25.9 Å². The fraction of sp³-hybridized carbons (Fsp3) is 0.538. The first-order valence-corrected chi connectivity index (χ1v) is 5.62. The maximum Gasteiger partial charge on any atom is 0.323 e. The summed E-state index contributed by atoms with van der Waals surface area (Å²) in [6.07, 6.45) is 2.27. The summed E-state index contributed by atoms with van der Waals surface area (Å²) in [5.41, 5.74) is 1.01. The fourth-order valence-corrected chi connectivity index (χ4v) is 1.57. The van der Waals surface area contributed by atoms with Crippen molar-refractivity contribution in [3.05, 3.63) is 18.4 Å². The van der Waals surface area contributed by atoms with Crippen LogP contribution in [0.4, 0.5) is 0 Å². The van der Waals surface area contributed by atoms with E-state index in [1.807, 2.05) is 0 Å². The van der Waals surface area contributed by atoms with Gasteiger partial charge in [0.1, 0.15) is 6.29 Å². The van der Waals surface area contributed by atoms with Gasteiger partial charge in [-0.3, -0.25) is 9.59 Å². The van der Waals surface area contributed by atoms with Gasteiger partial charge >= 0.3 is 11.9 Å². The van der Waals surface area contributed by atoms with E-state index in [1.165, 1.54) is 13.2 Å². The molecule has 1 atom stereocenters. The van der Waals surface area contributed by atoms with Gasteiger partial charge in [0.05, 0.1) is 13.7 Å². The number of rotatable bonds is 8. The van der Waals surface area contributed by atoms with Crippen LogP contribution in [-0.4, -0.2) is 31.9 Å². The maximum absolute atomic E-state index is 12.0. The Bertz CT molecular complexity index is 354. The van der Waals surface area contributed by atoms with E-state index < -0.39 is 17.4 Å². The van der Waals surface area contributed by atoms with Crippen molar-refractivity contribution < 1.29 is 23.9 Å². The zero-order chi connectivity index (χ0) is 14.0. The van der Waals surface area contributed by atoms with Gasteiger partial charge in [-0.15, -0.1) is 5.73 Å². The number of methoxy groups -OCH3 is 1. The lowest BCUT2D eigenvalue weighted by atomic mass is 9.80. The largest absolute Gasteiger partial charge is 0.468 e. The van der Waals surface area contributed by atoms with Crippen molar-refractivity contribution in [1.82, 2.24) is 0 Å². The highest BCUT2D eigenvalue weighted by Crippen LogP contribution is 2.32. The molecule has 0 bridgehead atoms. The van der Waals surface area contributed by atoms with Gasteiger partial charge in [-0.05, 0) is 25.8 Å². The molecule has 0 rings (SSSR count). The molecule has 18 heavy (non-hydrogen) atoms. The third-order valence-electron chi connectivity index (χ3n) is 2.53. The molecule has 0 amide bonds. The number of aldehydes is 1. The molecule has 0 spiro atoms. The Kier molecular flexibility index (Phi) is 7.40. The molecular formula is C13H18O5. The summed E-state index contributed by atoms with van der Waals surface area (Å²) in [4.78, 5) is 34.3. The Hall–Kier alpha value is -1.87. The summed E-state index contributed by atoms with van der Waals surface area (Å²) < 4.78 is 9.55. The lowest BCUT2D eigenvalue weighted by Crippen LogP contribution is -2.41. The Balaban J connectivity index is 5.35. The average molecular weight is 254 g/mol. The van der Waals surface area contributed by atoms with Gasteiger partial charge in [0.15, 0.2) is 5.41 Å². The van der Waals surface area contributed by atoms with Crippen LogP contribution in [0, 0.1) is 5.41 Å². The third kappa shape index (κ3) is 3.86. The Labute approximate surface area is 106 Å². The van der Waals surface area contributed by atoms with Crippen molar-refractivity contribution in [1.29, 1.82) is 0 Å². The van der Waals surface area contributed by atoms with Crippen molar-refractivity contribution in [3.63, 3.8) is 0 Å². The number of carbonyl (C=O) groups is 3. The molecule has 0 aromatic carbocycles. The molecule has 0 N–H and O–H groups in total. The maximum atomic E-state index is 12.0. The second-order valence-electron chi connectivity index (χ2n) is 3.61. The standard InChI is InChI=1S/C13H18O5/c1-4-6-8-13(9-7-10-14,11(15)17-3)12(16)18-5-2/h6,10H,1,5,7-9H2,2-3H3. The lowest BCUT2D eigenvalue weighted by Gasteiger charge is -2.26. The van der Waals surface area contributed by atoms with Crippen molar-refractivity contribution in [3.8, 4) is 0 Å². The van der Waals surface area contributed by atoms with Crippen molar-refractivity contribution in [2.45, 2.75) is 26.2 Å². The first kappa shape index (κ1) is 16.1. The molecular weight excluding hydrogens is 236 g/mol. The van der Waals surface area contributed by atoms with Gasteiger partial charge in [0.2, 0.25) is 0 Å². The van der Waals surface area contributed by atoms with Crippen molar-refractivity contribution in [2.24, 2.45) is 5.41 Å². The monoisotopic (exact) mass is 254 g/mol. The second-order valence-corrected chi connectivity index (χ2v) is 3.61. The van der Waals surface area contributed by atoms with E-state index in [9.17, 15) is 14.4 Å². The summed E-state index contributed by atoms with van der Waals surface area (Å²) >= 11 is 0. The minimum atomic E-state index is -1.49. The van der Waals surface area contributed by atoms with Gasteiger partial charge in [-0.25, -0.2) is 0 Å². The summed E-state index contributed by atoms with van der Waals surface area (Å²) in [7, 11) is 1.19. The third-order valence-corrected chi connectivity index (χ3v) is 2.53. The normalized spacial score (nSPS) is 12.8. The van der Waals surface area contributed by atoms with Crippen molar-refractivity contribution >= 4 is 18.2 Å². The Morgan fingerprint density at radius 3 is 2.50 bits per heavy atom. The predicted molar refractivity (Wildman–Crippen MR) is 64.7 cm³/mol. The average Bonchev–Trinajstić information content (AvgIpc) is 2.38. The quantitative estimate of drug-likeness (QED) is 0.283. The first-order valence-electron chi connectivity index (χ1n) is 5.62. The number of allylic oxidation sites excluding steroid dienone is 1. The molecule has 1 unspecified atom stereocenters. The lowest BCUT2D eigenvalue weighted by molar-refractivity contribution is -0.171. The first-order chi connectivity index (χ1) is 8.58. The highest BCUT2D eigenvalue weighted by Gasteiger charge is 2.47. The molecule has 0 aromatic rings. The van der Waals surface area contributed by atoms with Gasteiger partial charge in [0, 0.05) is 6.42 Å². The zero-order valence-corrected chi connectivity index (χ0v) is 10.7. The van der Waals surface area contributed by atoms with E-state index in [1.54, 1.807) is 6.92 Å². The Morgan fingerprint density at radius 2 is 2.06 bits per heavy atom. The summed E-state index contributed by atoms with van der Waals surface area (Å²) in [5, 5.41) is 0. The highest BCUT2D eigenvalue weighted by atomic mass is 16.6. The van der Waals surface area contributed by atoms with Crippen LogP contribution in [0.15, 0.2) is 18.4 Å². The van der Waals surface area contributed by atoms with E-state index >= 15 is 0 Å². The molecule has 0 saturated carbocycles. The van der Waals surface area contributed by atoms with Gasteiger partial charge in [-0.1, -0.05) is 6.58 Å². The molecule has 0 aliphatic heterocycles. The zero-order valence-electron chi connectivity index (χ0n) is 10.7. The van der Waals surface area contributed by atoms with Crippen molar-refractivity contribution in [2.75, 3.05) is 13.7 Å². The summed E-state index contributed by atoms with van der Waals surface area (Å²) in [6.45, 7) is 5.17. The second kappa shape index (κ2) is 8.25. The van der Waals surface area contributed by atoms with E-state index in [0.717, 1.165) is 0 Å². The van der Waals surface area contributed by atoms with Crippen LogP contribution in [-0.2, 0) is 23.9 Å². The van der Waals surface area contributed by atoms with E-state index in [2.05, 4.69) is 17.0 Å². The molecule has 5 heteroatoms. The summed E-state index contributed by atoms with van der Waals surface area (Å²) in [6, 6.07) is 0. The molecule has 0 saturated heterocycles. The SMILES string of the molecule is C=C=CCC(CCC=O)(C(=O)OC)C(=O)OCC. The van der Waals surface area contributed by atoms with Crippen LogP contribution in [0.1, 0.15) is 26.2 Å². The van der Waals surface area contributed by atoms with Gasteiger partial charge < -0.3 is 14.3 Å². The van der Waals surface area contributed by atoms with Crippen LogP contribution in [0.2, 0.25) is 0 Å². The number of carbonyl (C=O) groups excluding carboxylic acids is 3.